The number of amides is 1. The van der Waals surface area contributed by atoms with Crippen LogP contribution in [0, 0.1) is 0 Å². The van der Waals surface area contributed by atoms with E-state index in [0.717, 1.165) is 12.2 Å². The summed E-state index contributed by atoms with van der Waals surface area (Å²) in [5.41, 5.74) is 1.32. The average molecular weight is 206 g/mol. The van der Waals surface area contributed by atoms with Crippen LogP contribution in [0.5, 0.6) is 0 Å². The third kappa shape index (κ3) is 3.25. The van der Waals surface area contributed by atoms with Gasteiger partial charge in [0.1, 0.15) is 13.8 Å². The predicted molar refractivity (Wildman–Crippen MR) is 59.3 cm³/mol. The molecule has 4 heteroatoms. The molecule has 0 aliphatic rings. The van der Waals surface area contributed by atoms with Gasteiger partial charge in [-0.1, -0.05) is 6.07 Å². The molecule has 15 heavy (non-hydrogen) atoms. The van der Waals surface area contributed by atoms with Gasteiger partial charge in [0.2, 0.25) is 0 Å². The quantitative estimate of drug-likeness (QED) is 0.537. The van der Waals surface area contributed by atoms with Gasteiger partial charge in [-0.05, 0) is 26.2 Å². The Morgan fingerprint density at radius 3 is 2.73 bits per heavy atom. The molecule has 0 saturated heterocycles. The number of carbonyl (C=O) groups is 1. The van der Waals surface area contributed by atoms with Gasteiger partial charge < -0.3 is 4.90 Å². The van der Waals surface area contributed by atoms with Gasteiger partial charge in [-0.25, -0.2) is 9.78 Å². The summed E-state index contributed by atoms with van der Waals surface area (Å²) in [5.74, 6) is -0.171. The van der Waals surface area contributed by atoms with Gasteiger partial charge in [0, 0.05) is 6.54 Å². The highest BCUT2D eigenvalue weighted by Crippen LogP contribution is 2.02. The minimum Gasteiger partial charge on any atom is -0.304 e. The van der Waals surface area contributed by atoms with Crippen LogP contribution in [0.3, 0.4) is 0 Å². The van der Waals surface area contributed by atoms with E-state index in [1.807, 2.05) is 31.1 Å². The van der Waals surface area contributed by atoms with Gasteiger partial charge in [-0.2, -0.15) is 4.58 Å². The van der Waals surface area contributed by atoms with Crippen LogP contribution in [0.25, 0.3) is 0 Å². The van der Waals surface area contributed by atoms with Crippen LogP contribution in [0.2, 0.25) is 0 Å². The first kappa shape index (κ1) is 11.5. The van der Waals surface area contributed by atoms with Crippen LogP contribution in [0.15, 0.2) is 18.2 Å². The fraction of sp³-hybridized carbons (Fsp3) is 0.364. The van der Waals surface area contributed by atoms with Crippen molar-refractivity contribution < 1.29 is 9.37 Å². The molecule has 0 unspecified atom stereocenters. The van der Waals surface area contributed by atoms with Crippen LogP contribution in [-0.4, -0.2) is 48.2 Å². The van der Waals surface area contributed by atoms with Crippen LogP contribution >= 0.6 is 0 Å². The third-order valence-corrected chi connectivity index (χ3v) is 1.85. The van der Waals surface area contributed by atoms with E-state index in [1.165, 1.54) is 4.58 Å². The van der Waals surface area contributed by atoms with Gasteiger partial charge >= 0.3 is 5.91 Å². The molecule has 0 radical (unpaired) electrons. The molecule has 1 rings (SSSR count). The molecule has 4 nitrogen and oxygen atoms in total. The summed E-state index contributed by atoms with van der Waals surface area (Å²) in [5, 5.41) is 0. The first-order valence-corrected chi connectivity index (χ1v) is 4.70. The lowest BCUT2D eigenvalue weighted by molar-refractivity contribution is -0.384. The molecule has 0 spiro atoms. The number of aromatic nitrogens is 1. The lowest BCUT2D eigenvalue weighted by Gasteiger charge is -2.08. The predicted octanol–water partition coefficient (Wildman–Crippen LogP) is 0.626. The Morgan fingerprint density at radius 2 is 2.20 bits per heavy atom. The molecule has 0 aliphatic heterocycles. The first-order chi connectivity index (χ1) is 7.00. The molecule has 0 fully saturated rings. The summed E-state index contributed by atoms with van der Waals surface area (Å²) in [6.07, 6.45) is 0. The Morgan fingerprint density at radius 1 is 1.53 bits per heavy atom. The SMILES string of the molecule is C=[N+](C)C(=O)c1cccc(CN(C)C)n1. The summed E-state index contributed by atoms with van der Waals surface area (Å²) in [6.45, 7) is 4.26. The van der Waals surface area contributed by atoms with Gasteiger partial charge in [0.15, 0.2) is 5.69 Å². The lowest BCUT2D eigenvalue weighted by Crippen LogP contribution is -2.18. The zero-order valence-corrected chi connectivity index (χ0v) is 9.40. The summed E-state index contributed by atoms with van der Waals surface area (Å²) < 4.78 is 1.28. The summed E-state index contributed by atoms with van der Waals surface area (Å²) in [7, 11) is 5.54. The molecule has 0 atom stereocenters. The first-order valence-electron chi connectivity index (χ1n) is 4.70. The second kappa shape index (κ2) is 4.79. The average Bonchev–Trinajstić information content (AvgIpc) is 2.16. The molecule has 0 saturated carbocycles. The van der Waals surface area contributed by atoms with Gasteiger partial charge in [0.05, 0.1) is 5.69 Å². The fourth-order valence-electron chi connectivity index (χ4n) is 1.21. The van der Waals surface area contributed by atoms with E-state index < -0.39 is 0 Å². The maximum Gasteiger partial charge on any atom is 0.437 e. The molecule has 1 aromatic rings. The summed E-state index contributed by atoms with van der Waals surface area (Å²) in [6, 6.07) is 5.44. The molecular formula is C11H16N3O+. The van der Waals surface area contributed by atoms with Crippen molar-refractivity contribution in [3.05, 3.63) is 29.6 Å². The highest BCUT2D eigenvalue weighted by molar-refractivity contribution is 5.86. The van der Waals surface area contributed by atoms with E-state index in [9.17, 15) is 4.79 Å². The van der Waals surface area contributed by atoms with E-state index in [0.29, 0.717) is 5.69 Å². The van der Waals surface area contributed by atoms with Gasteiger partial charge in [-0.3, -0.25) is 0 Å². The zero-order valence-electron chi connectivity index (χ0n) is 9.40. The van der Waals surface area contributed by atoms with Gasteiger partial charge in [0.25, 0.3) is 0 Å². The molecule has 1 heterocycles. The third-order valence-electron chi connectivity index (χ3n) is 1.85. The fourth-order valence-corrected chi connectivity index (χ4v) is 1.21. The molecule has 0 aromatic carbocycles. The number of hydrogen-bond acceptors (Lipinski definition) is 3. The standard InChI is InChI=1S/C11H16N3O/c1-13(2)8-9-6-5-7-10(12-9)11(15)14(3)4/h5-7H,3,8H2,1-2,4H3/q+1. The minimum atomic E-state index is -0.171. The van der Waals surface area contributed by atoms with Crippen LogP contribution in [0.4, 0.5) is 0 Å². The van der Waals surface area contributed by atoms with Crippen LogP contribution < -0.4 is 0 Å². The van der Waals surface area contributed by atoms with Crippen molar-refractivity contribution in [3.8, 4) is 0 Å². The Bertz CT molecular complexity index is 385. The Labute approximate surface area is 89.9 Å². The molecule has 0 N–H and O–H groups in total. The van der Waals surface area contributed by atoms with Crippen molar-refractivity contribution in [3.63, 3.8) is 0 Å². The summed E-state index contributed by atoms with van der Waals surface area (Å²) in [4.78, 5) is 17.8. The van der Waals surface area contributed by atoms with Crippen molar-refractivity contribution in [1.82, 2.24) is 9.88 Å². The number of rotatable bonds is 3. The summed E-state index contributed by atoms with van der Waals surface area (Å²) >= 11 is 0. The highest BCUT2D eigenvalue weighted by Gasteiger charge is 2.15. The number of carbonyl (C=O) groups excluding carboxylic acids is 1. The van der Waals surface area contributed by atoms with E-state index in [4.69, 9.17) is 0 Å². The van der Waals surface area contributed by atoms with Crippen molar-refractivity contribution in [2.24, 2.45) is 0 Å². The number of pyridine rings is 1. The minimum absolute atomic E-state index is 0.171. The Balaban J connectivity index is 2.92. The van der Waals surface area contributed by atoms with Crippen molar-refractivity contribution in [2.45, 2.75) is 6.54 Å². The molecule has 0 aliphatic carbocycles. The highest BCUT2D eigenvalue weighted by atomic mass is 16.2. The molecular weight excluding hydrogens is 190 g/mol. The topological polar surface area (TPSA) is 36.2 Å². The maximum atomic E-state index is 11.6. The van der Waals surface area contributed by atoms with Crippen molar-refractivity contribution in [1.29, 1.82) is 0 Å². The Hall–Kier alpha value is -1.55. The molecule has 0 bridgehead atoms. The molecule has 1 amide bonds. The number of hydrogen-bond donors (Lipinski definition) is 0. The van der Waals surface area contributed by atoms with Crippen molar-refractivity contribution in [2.75, 3.05) is 21.1 Å². The largest absolute Gasteiger partial charge is 0.437 e. The smallest absolute Gasteiger partial charge is 0.304 e. The lowest BCUT2D eigenvalue weighted by atomic mass is 10.3. The van der Waals surface area contributed by atoms with Crippen molar-refractivity contribution >= 4 is 12.6 Å². The van der Waals surface area contributed by atoms with Crippen LogP contribution in [0.1, 0.15) is 16.2 Å². The molecule has 1 aromatic heterocycles. The van der Waals surface area contributed by atoms with E-state index in [-0.39, 0.29) is 5.91 Å². The molecule has 80 valence electrons. The van der Waals surface area contributed by atoms with E-state index in [1.54, 1.807) is 13.1 Å². The monoisotopic (exact) mass is 206 g/mol. The number of nitrogens with zero attached hydrogens (tertiary/aromatic N) is 3. The maximum absolute atomic E-state index is 11.6. The van der Waals surface area contributed by atoms with Crippen LogP contribution in [-0.2, 0) is 6.54 Å². The van der Waals surface area contributed by atoms with Gasteiger partial charge in [-0.15, -0.1) is 0 Å². The second-order valence-electron chi connectivity index (χ2n) is 3.76. The zero-order chi connectivity index (χ0) is 11.4. The second-order valence-corrected chi connectivity index (χ2v) is 3.76. The normalized spacial score (nSPS) is 10.4. The van der Waals surface area contributed by atoms with E-state index >= 15 is 0 Å². The Kier molecular flexibility index (Phi) is 3.68. The van der Waals surface area contributed by atoms with E-state index in [2.05, 4.69) is 11.7 Å².